The van der Waals surface area contributed by atoms with Crippen molar-refractivity contribution in [1.82, 2.24) is 51.1 Å². The van der Waals surface area contributed by atoms with Gasteiger partial charge in [0.15, 0.2) is 0 Å². The highest BCUT2D eigenvalue weighted by Crippen LogP contribution is 2.31. The molecule has 2 saturated heterocycles. The summed E-state index contributed by atoms with van der Waals surface area (Å²) in [5.41, 5.74) is 12.3. The first-order valence-electron chi connectivity index (χ1n) is 28.2. The van der Waals surface area contributed by atoms with E-state index in [2.05, 4.69) is 21.3 Å². The molecular weight excluding hydrogens is 1140 g/mol. The molecular formula is C56H90N12O15S2. The van der Waals surface area contributed by atoms with Crippen LogP contribution in [0.1, 0.15) is 100 Å². The molecule has 29 heteroatoms. The molecule has 27 nitrogen and oxygen atoms in total. The monoisotopic (exact) mass is 1230 g/mol. The molecule has 11 amide bonds. The van der Waals surface area contributed by atoms with Crippen LogP contribution in [-0.2, 0) is 68.8 Å². The summed E-state index contributed by atoms with van der Waals surface area (Å²) in [5, 5.41) is 22.5. The number of ether oxygens (including phenoxy) is 2. The van der Waals surface area contributed by atoms with Gasteiger partial charge >= 0.3 is 12.1 Å². The van der Waals surface area contributed by atoms with Crippen LogP contribution in [0.5, 0.6) is 0 Å². The van der Waals surface area contributed by atoms with Crippen molar-refractivity contribution in [3.63, 3.8) is 0 Å². The molecule has 85 heavy (non-hydrogen) atoms. The molecule has 2 fully saturated rings. The second-order valence-electron chi connectivity index (χ2n) is 23.0. The van der Waals surface area contributed by atoms with E-state index in [1.807, 2.05) is 13.8 Å². The predicted octanol–water partition coefficient (Wildman–Crippen LogP) is 1.03. The number of carboxylic acids is 1. The quantitative estimate of drug-likeness (QED) is 0.0382. The van der Waals surface area contributed by atoms with Crippen molar-refractivity contribution >= 4 is 100 Å². The number of carbonyl (C=O) groups excluding carboxylic acids is 11. The minimum atomic E-state index is -1.72. The lowest BCUT2D eigenvalue weighted by molar-refractivity contribution is -0.165. The Labute approximate surface area is 506 Å². The van der Waals surface area contributed by atoms with E-state index in [0.717, 1.165) is 33.5 Å². The van der Waals surface area contributed by atoms with Crippen LogP contribution in [0.2, 0.25) is 0 Å². The number of amides is 11. The van der Waals surface area contributed by atoms with Gasteiger partial charge in [-0.3, -0.25) is 47.9 Å². The van der Waals surface area contributed by atoms with Crippen LogP contribution in [0.3, 0.4) is 0 Å². The van der Waals surface area contributed by atoms with Crippen LogP contribution >= 0.6 is 23.5 Å². The molecule has 0 spiro atoms. The minimum Gasteiger partial charge on any atom is -0.480 e. The van der Waals surface area contributed by atoms with Gasteiger partial charge in [0.1, 0.15) is 42.9 Å². The normalized spacial score (nSPS) is 18.7. The number of imide groups is 2. The molecule has 11 atom stereocenters. The molecule has 4 unspecified atom stereocenters. The van der Waals surface area contributed by atoms with E-state index < -0.39 is 160 Å². The Morgan fingerprint density at radius 3 is 1.49 bits per heavy atom. The second kappa shape index (κ2) is 32.8. The number of nitrogens with one attached hydrogen (secondary N) is 4. The number of carboxylic acid groups (broad SMARTS) is 1. The highest BCUT2D eigenvalue weighted by molar-refractivity contribution is 8.01. The zero-order valence-electron chi connectivity index (χ0n) is 51.7. The maximum Gasteiger partial charge on any atom is 0.408 e. The summed E-state index contributed by atoms with van der Waals surface area (Å²) in [4.78, 5) is 166. The summed E-state index contributed by atoms with van der Waals surface area (Å²) >= 11 is 1.56. The number of hydrogen-bond acceptors (Lipinski definition) is 19. The molecule has 476 valence electrons. The van der Waals surface area contributed by atoms with E-state index in [1.165, 1.54) is 41.0 Å². The Morgan fingerprint density at radius 1 is 0.659 bits per heavy atom. The number of anilines is 1. The maximum absolute atomic E-state index is 14.4. The van der Waals surface area contributed by atoms with Gasteiger partial charge in [0, 0.05) is 72.4 Å². The number of benzene rings is 1. The molecule has 1 aromatic carbocycles. The number of nitrogens with two attached hydrogens (primary N) is 2. The van der Waals surface area contributed by atoms with Crippen molar-refractivity contribution in [2.75, 3.05) is 59.6 Å². The summed E-state index contributed by atoms with van der Waals surface area (Å²) in [5.74, 6) is -11.1. The van der Waals surface area contributed by atoms with E-state index >= 15 is 0 Å². The Hall–Kier alpha value is -6.56. The number of hydrazine groups is 2. The van der Waals surface area contributed by atoms with Crippen LogP contribution in [0.4, 0.5) is 10.5 Å². The number of nitrogen functional groups attached to an aromatic ring is 1. The summed E-state index contributed by atoms with van der Waals surface area (Å²) in [6.45, 7) is 17.4. The average Bonchev–Trinajstić information content (AvgIpc) is 3.66. The van der Waals surface area contributed by atoms with Crippen molar-refractivity contribution in [1.29, 1.82) is 0 Å². The second-order valence-corrected chi connectivity index (χ2v) is 25.5. The number of hydrogen-bond donors (Lipinski definition) is 7. The number of aliphatic carboxylic acids is 1. The first kappa shape index (κ1) is 72.7. The van der Waals surface area contributed by atoms with Crippen molar-refractivity contribution in [2.24, 2.45) is 35.3 Å². The van der Waals surface area contributed by atoms with E-state index in [4.69, 9.17) is 20.9 Å². The molecule has 0 saturated carbocycles. The molecule has 0 bridgehead atoms. The number of likely N-dealkylation sites (N-methyl/N-ethyl adjacent to an activating group) is 4. The van der Waals surface area contributed by atoms with Crippen LogP contribution in [0, 0.1) is 29.6 Å². The van der Waals surface area contributed by atoms with E-state index in [9.17, 15) is 62.6 Å². The summed E-state index contributed by atoms with van der Waals surface area (Å²) < 4.78 is 11.0. The van der Waals surface area contributed by atoms with Crippen LogP contribution in [-0.4, -0.2) is 219 Å². The first-order valence-corrected chi connectivity index (χ1v) is 30.3. The smallest absolute Gasteiger partial charge is 0.408 e. The predicted molar refractivity (Wildman–Crippen MR) is 319 cm³/mol. The van der Waals surface area contributed by atoms with Crippen molar-refractivity contribution in [3.05, 3.63) is 29.8 Å². The van der Waals surface area contributed by atoms with Gasteiger partial charge in [0.2, 0.25) is 47.3 Å². The number of thioether (sulfide) groups is 2. The van der Waals surface area contributed by atoms with Crippen molar-refractivity contribution in [2.45, 2.75) is 160 Å². The zero-order valence-corrected chi connectivity index (χ0v) is 53.4. The van der Waals surface area contributed by atoms with Crippen LogP contribution in [0.15, 0.2) is 24.3 Å². The van der Waals surface area contributed by atoms with Gasteiger partial charge in [-0.1, -0.05) is 87.8 Å². The van der Waals surface area contributed by atoms with E-state index in [0.29, 0.717) is 17.7 Å². The third-order valence-corrected chi connectivity index (χ3v) is 17.5. The fourth-order valence-electron chi connectivity index (χ4n) is 10.1. The lowest BCUT2D eigenvalue weighted by Gasteiger charge is -2.40. The fourth-order valence-corrected chi connectivity index (χ4v) is 12.4. The molecule has 0 aliphatic carbocycles. The molecule has 2 heterocycles. The molecule has 2 aliphatic heterocycles. The number of carbonyl (C=O) groups is 12. The van der Waals surface area contributed by atoms with Crippen LogP contribution in [0.25, 0.3) is 0 Å². The van der Waals surface area contributed by atoms with Gasteiger partial charge in [0.05, 0.1) is 29.1 Å². The Morgan fingerprint density at radius 2 is 1.11 bits per heavy atom. The number of alkyl carbamates (subject to hydrolysis) is 1. The SMILES string of the molecule is CC[C@H](C)[C@@H]([C@@H](CC(N)=O)OC)N(C)C(=O)[C@@H](NC(=O)[C@H](C(C)C)N(C)N1C(=O)CC(SCC(NC(=O)OCc2ccc(N)cc2)C(=O)NC(CSC2CC(=O)N(N(C)[C@H](C(=O)N[C@H](C(=O)N(C)C)C(C)C)C(C)C)C2=O)C(=O)O)C1=O)C(C)C. The highest BCUT2D eigenvalue weighted by atomic mass is 32.2. The number of methoxy groups -OCH3 is 1. The largest absolute Gasteiger partial charge is 0.480 e. The lowest BCUT2D eigenvalue weighted by atomic mass is 9.90. The van der Waals surface area contributed by atoms with Gasteiger partial charge in [0.25, 0.3) is 11.8 Å². The molecule has 0 radical (unpaired) electrons. The topological polar surface area (TPSA) is 363 Å². The fraction of sp³-hybridized carbons (Fsp3) is 0.679. The minimum absolute atomic E-state index is 0.152. The van der Waals surface area contributed by atoms with Gasteiger partial charge in [-0.05, 0) is 47.3 Å². The average molecular weight is 1240 g/mol. The molecule has 3 rings (SSSR count). The zero-order chi connectivity index (χ0) is 64.6. The van der Waals surface area contributed by atoms with E-state index in [-0.39, 0.29) is 37.2 Å². The Balaban J connectivity index is 1.85. The highest BCUT2D eigenvalue weighted by Gasteiger charge is 2.48. The number of rotatable bonds is 33. The van der Waals surface area contributed by atoms with Crippen molar-refractivity contribution in [3.8, 4) is 0 Å². The van der Waals surface area contributed by atoms with Gasteiger partial charge in [-0.2, -0.15) is 0 Å². The summed E-state index contributed by atoms with van der Waals surface area (Å²) in [6.07, 6.45) is -2.20. The molecule has 0 aromatic heterocycles. The molecule has 9 N–H and O–H groups in total. The van der Waals surface area contributed by atoms with Crippen LogP contribution < -0.4 is 32.7 Å². The molecule has 1 aromatic rings. The summed E-state index contributed by atoms with van der Waals surface area (Å²) in [7, 11) is 8.85. The summed E-state index contributed by atoms with van der Waals surface area (Å²) in [6, 6.07) is -1.87. The first-order chi connectivity index (χ1) is 39.6. The van der Waals surface area contributed by atoms with Gasteiger partial charge < -0.3 is 57.1 Å². The number of primary amides is 1. The van der Waals surface area contributed by atoms with Gasteiger partial charge in [-0.15, -0.1) is 23.5 Å². The van der Waals surface area contributed by atoms with E-state index in [1.54, 1.807) is 101 Å². The van der Waals surface area contributed by atoms with Crippen molar-refractivity contribution < 1.29 is 72.1 Å². The Kier molecular flexibility index (Phi) is 28.1. The number of nitrogens with zero attached hydrogens (tertiary/aromatic N) is 6. The lowest BCUT2D eigenvalue weighted by Crippen LogP contribution is -2.62. The maximum atomic E-state index is 14.4. The standard InChI is InChI=1S/C56H90N12O15S2/c1-17-32(10)47(37(82-16)22-40(58)69)64(13)54(78)44(29(4)5)62-50(74)46(31(8)9)66(15)67-41(70)23-38(51(67)75)84-26-35(60-56(81)83-25-33-18-20-34(57)21-19-33)48(72)59-36(55(79)80)27-85-39-24-42(71)68(52(39)76)65(14)45(30(6)7)49(73)61-43(28(2)3)53(77)63(11)12/h18-21,28-32,35-39,43-47H,17,22-27,57H2,1-16H3,(H2,58,69)(H,59,72)(H,60,81)(H,61,73)(H,62,74)(H,79,80)/t32-,35?,36?,37+,38?,39?,43-,44-,45-,46-,47-/m0/s1. The van der Waals surface area contributed by atoms with Gasteiger partial charge in [-0.25, -0.2) is 29.6 Å². The molecule has 2 aliphatic rings. The third kappa shape index (κ3) is 19.5. The third-order valence-electron chi connectivity index (χ3n) is 14.9. The Bertz CT molecular complexity index is 2570.